The SMILES string of the molecule is Cn1[nH]c(=O)c(=O)nc1Sc1ccc(/C(N)=N/O)cc1. The van der Waals surface area contributed by atoms with Crippen molar-refractivity contribution in [2.24, 2.45) is 17.9 Å². The van der Waals surface area contributed by atoms with Crippen LogP contribution in [0.3, 0.4) is 0 Å². The molecule has 104 valence electrons. The number of nitrogens with two attached hydrogens (primary N) is 1. The van der Waals surface area contributed by atoms with Gasteiger partial charge in [0.25, 0.3) is 0 Å². The second kappa shape index (κ2) is 5.61. The highest BCUT2D eigenvalue weighted by Gasteiger charge is 2.06. The van der Waals surface area contributed by atoms with E-state index in [1.807, 2.05) is 0 Å². The van der Waals surface area contributed by atoms with Gasteiger partial charge in [0.2, 0.25) is 0 Å². The molecule has 0 amide bonds. The lowest BCUT2D eigenvalue weighted by Crippen LogP contribution is -2.33. The van der Waals surface area contributed by atoms with E-state index in [1.165, 1.54) is 16.4 Å². The minimum atomic E-state index is -0.834. The van der Waals surface area contributed by atoms with Gasteiger partial charge in [0, 0.05) is 17.5 Å². The van der Waals surface area contributed by atoms with Crippen molar-refractivity contribution in [3.63, 3.8) is 0 Å². The van der Waals surface area contributed by atoms with Crippen LogP contribution in [-0.4, -0.2) is 25.8 Å². The number of rotatable bonds is 3. The van der Waals surface area contributed by atoms with E-state index in [4.69, 9.17) is 10.9 Å². The molecule has 2 aromatic rings. The first-order valence-corrected chi connectivity index (χ1v) is 6.26. The number of H-pyrrole nitrogens is 1. The summed E-state index contributed by atoms with van der Waals surface area (Å²) in [6.07, 6.45) is 0. The number of nitrogens with zero attached hydrogens (tertiary/aromatic N) is 3. The molecule has 8 nitrogen and oxygen atoms in total. The monoisotopic (exact) mass is 293 g/mol. The highest BCUT2D eigenvalue weighted by molar-refractivity contribution is 7.99. The normalized spacial score (nSPS) is 11.6. The van der Waals surface area contributed by atoms with Crippen LogP contribution in [0.2, 0.25) is 0 Å². The van der Waals surface area contributed by atoms with Crippen LogP contribution in [0.5, 0.6) is 0 Å². The lowest BCUT2D eigenvalue weighted by molar-refractivity contribution is 0.318. The molecule has 0 saturated heterocycles. The lowest BCUT2D eigenvalue weighted by atomic mass is 10.2. The van der Waals surface area contributed by atoms with Crippen LogP contribution in [0.1, 0.15) is 5.56 Å². The first-order valence-electron chi connectivity index (χ1n) is 5.44. The molecule has 20 heavy (non-hydrogen) atoms. The van der Waals surface area contributed by atoms with Crippen molar-refractivity contribution in [1.29, 1.82) is 0 Å². The van der Waals surface area contributed by atoms with Gasteiger partial charge in [-0.05, 0) is 12.1 Å². The molecule has 1 heterocycles. The molecule has 2 rings (SSSR count). The zero-order valence-electron chi connectivity index (χ0n) is 10.4. The van der Waals surface area contributed by atoms with Crippen LogP contribution >= 0.6 is 11.8 Å². The number of aryl methyl sites for hydroxylation is 1. The number of hydrogen-bond donors (Lipinski definition) is 3. The van der Waals surface area contributed by atoms with Crippen LogP contribution in [0.25, 0.3) is 0 Å². The Hall–Kier alpha value is -2.55. The Morgan fingerprint density at radius 1 is 1.40 bits per heavy atom. The van der Waals surface area contributed by atoms with Crippen molar-refractivity contribution in [3.8, 4) is 0 Å². The standard InChI is InChI=1S/C11H11N5O3S/c1-16-11(13-9(17)10(18)14-16)20-7-4-2-6(3-5-7)8(12)15-19/h2-5,19H,1H3,(H2,12,15)(H,14,18). The molecule has 1 aromatic heterocycles. The lowest BCUT2D eigenvalue weighted by Gasteiger charge is -2.06. The second-order valence-corrected chi connectivity index (χ2v) is 4.85. The predicted octanol–water partition coefficient (Wildman–Crippen LogP) is -0.286. The maximum Gasteiger partial charge on any atom is 0.339 e. The fourth-order valence-electron chi connectivity index (χ4n) is 1.41. The third-order valence-electron chi connectivity index (χ3n) is 2.41. The number of benzene rings is 1. The van der Waals surface area contributed by atoms with Crippen molar-refractivity contribution in [2.75, 3.05) is 0 Å². The highest BCUT2D eigenvalue weighted by atomic mass is 32.2. The molecule has 0 saturated carbocycles. The molecule has 0 atom stereocenters. The predicted molar refractivity (Wildman–Crippen MR) is 73.2 cm³/mol. The Morgan fingerprint density at radius 3 is 2.65 bits per heavy atom. The Bertz CT molecular complexity index is 763. The average molecular weight is 293 g/mol. The van der Waals surface area contributed by atoms with Crippen LogP contribution in [-0.2, 0) is 7.05 Å². The van der Waals surface area contributed by atoms with Gasteiger partial charge in [-0.1, -0.05) is 29.1 Å². The van der Waals surface area contributed by atoms with E-state index in [2.05, 4.69) is 15.2 Å². The van der Waals surface area contributed by atoms with E-state index in [1.54, 1.807) is 31.3 Å². The molecule has 4 N–H and O–H groups in total. The van der Waals surface area contributed by atoms with E-state index in [0.717, 1.165) is 4.90 Å². The first kappa shape index (κ1) is 13.9. The van der Waals surface area contributed by atoms with Gasteiger partial charge in [0.1, 0.15) is 0 Å². The molecule has 9 heteroatoms. The first-order chi connectivity index (χ1) is 9.51. The third kappa shape index (κ3) is 2.88. The maximum atomic E-state index is 11.2. The number of amidine groups is 1. The van der Waals surface area contributed by atoms with Crippen molar-refractivity contribution in [3.05, 3.63) is 50.5 Å². The third-order valence-corrected chi connectivity index (χ3v) is 3.47. The molecule has 0 aliphatic rings. The van der Waals surface area contributed by atoms with Gasteiger partial charge in [0.05, 0.1) is 0 Å². The van der Waals surface area contributed by atoms with Crippen LogP contribution in [0.4, 0.5) is 0 Å². The van der Waals surface area contributed by atoms with Crippen LogP contribution < -0.4 is 16.9 Å². The number of aromatic amines is 1. The van der Waals surface area contributed by atoms with Gasteiger partial charge < -0.3 is 10.9 Å². The zero-order valence-corrected chi connectivity index (χ0v) is 11.2. The zero-order chi connectivity index (χ0) is 14.7. The summed E-state index contributed by atoms with van der Waals surface area (Å²) in [5.41, 5.74) is 4.42. The van der Waals surface area contributed by atoms with E-state index in [9.17, 15) is 9.59 Å². The van der Waals surface area contributed by atoms with E-state index in [0.29, 0.717) is 10.7 Å². The molecule has 0 unspecified atom stereocenters. The second-order valence-electron chi connectivity index (χ2n) is 3.81. The Balaban J connectivity index is 2.29. The van der Waals surface area contributed by atoms with E-state index in [-0.39, 0.29) is 5.84 Å². The number of oxime groups is 1. The summed E-state index contributed by atoms with van der Waals surface area (Å²) in [6, 6.07) is 6.80. The van der Waals surface area contributed by atoms with Crippen molar-refractivity contribution in [1.82, 2.24) is 14.8 Å². The number of hydrogen-bond acceptors (Lipinski definition) is 6. The summed E-state index contributed by atoms with van der Waals surface area (Å²) in [5, 5.41) is 14.2. The maximum absolute atomic E-state index is 11.2. The largest absolute Gasteiger partial charge is 0.409 e. The minimum absolute atomic E-state index is 0.0103. The summed E-state index contributed by atoms with van der Waals surface area (Å²) >= 11 is 1.20. The van der Waals surface area contributed by atoms with Gasteiger partial charge in [-0.2, -0.15) is 4.98 Å². The minimum Gasteiger partial charge on any atom is -0.409 e. The molecule has 0 spiro atoms. The topological polar surface area (TPSA) is 126 Å². The number of nitrogens with one attached hydrogen (secondary N) is 1. The van der Waals surface area contributed by atoms with Gasteiger partial charge in [-0.15, -0.1) is 0 Å². The number of aromatic nitrogens is 3. The molecule has 0 radical (unpaired) electrons. The van der Waals surface area contributed by atoms with Gasteiger partial charge in [0.15, 0.2) is 11.0 Å². The fourth-order valence-corrected chi connectivity index (χ4v) is 2.20. The molecule has 0 fully saturated rings. The summed E-state index contributed by atoms with van der Waals surface area (Å²) in [6.45, 7) is 0. The summed E-state index contributed by atoms with van der Waals surface area (Å²) in [7, 11) is 1.58. The van der Waals surface area contributed by atoms with E-state index < -0.39 is 11.1 Å². The molecule has 0 aliphatic carbocycles. The smallest absolute Gasteiger partial charge is 0.339 e. The Labute approximate surface area is 116 Å². The van der Waals surface area contributed by atoms with Crippen LogP contribution in [0, 0.1) is 0 Å². The Kier molecular flexibility index (Phi) is 3.89. The average Bonchev–Trinajstić information content (AvgIpc) is 2.44. The fraction of sp³-hybridized carbons (Fsp3) is 0.0909. The van der Waals surface area contributed by atoms with Gasteiger partial charge in [-0.3, -0.25) is 19.4 Å². The quantitative estimate of drug-likeness (QED) is 0.235. The van der Waals surface area contributed by atoms with Gasteiger partial charge >= 0.3 is 11.1 Å². The molecular formula is C11H11N5O3S. The van der Waals surface area contributed by atoms with Crippen molar-refractivity contribution < 1.29 is 5.21 Å². The van der Waals surface area contributed by atoms with Gasteiger partial charge in [-0.25, -0.2) is 0 Å². The summed E-state index contributed by atoms with van der Waals surface area (Å²) < 4.78 is 1.37. The van der Waals surface area contributed by atoms with E-state index >= 15 is 0 Å². The summed E-state index contributed by atoms with van der Waals surface area (Å²) in [5.74, 6) is 0.0103. The van der Waals surface area contributed by atoms with Crippen molar-refractivity contribution in [2.45, 2.75) is 10.1 Å². The Morgan fingerprint density at radius 2 is 2.05 bits per heavy atom. The highest BCUT2D eigenvalue weighted by Crippen LogP contribution is 2.24. The van der Waals surface area contributed by atoms with Crippen molar-refractivity contribution >= 4 is 17.6 Å². The summed E-state index contributed by atoms with van der Waals surface area (Å²) in [4.78, 5) is 26.8. The molecule has 1 aromatic carbocycles. The molecule has 0 aliphatic heterocycles. The molecular weight excluding hydrogens is 282 g/mol. The molecule has 0 bridgehead atoms. The van der Waals surface area contributed by atoms with Crippen LogP contribution in [0.15, 0.2) is 49.1 Å².